The molecule has 32 heavy (non-hydrogen) atoms. The van der Waals surface area contributed by atoms with Gasteiger partial charge in [0.2, 0.25) is 0 Å². The van der Waals surface area contributed by atoms with Crippen LogP contribution in [0.15, 0.2) is 16.9 Å². The van der Waals surface area contributed by atoms with E-state index in [2.05, 4.69) is 38.9 Å². The second-order valence-electron chi connectivity index (χ2n) is 9.24. The number of hydrogen-bond donors (Lipinski definition) is 2. The van der Waals surface area contributed by atoms with Crippen molar-refractivity contribution in [2.24, 2.45) is 0 Å². The van der Waals surface area contributed by atoms with Crippen molar-refractivity contribution in [1.29, 1.82) is 0 Å². The lowest BCUT2D eigenvalue weighted by Gasteiger charge is -2.35. The molecule has 1 aromatic carbocycles. The minimum absolute atomic E-state index is 0.301. The fourth-order valence-corrected chi connectivity index (χ4v) is 4.78. The van der Waals surface area contributed by atoms with Gasteiger partial charge >= 0.3 is 5.69 Å². The van der Waals surface area contributed by atoms with E-state index in [1.54, 1.807) is 7.11 Å². The Morgan fingerprint density at radius 1 is 1.16 bits per heavy atom. The molecule has 2 aliphatic heterocycles. The molecule has 0 unspecified atom stereocenters. The van der Waals surface area contributed by atoms with E-state index in [-0.39, 0.29) is 5.69 Å². The number of H-pyrrole nitrogens is 1. The first-order chi connectivity index (χ1) is 15.5. The summed E-state index contributed by atoms with van der Waals surface area (Å²) in [6, 6.07) is 4.64. The molecule has 176 valence electrons. The third kappa shape index (κ3) is 5.53. The highest BCUT2D eigenvalue weighted by Crippen LogP contribution is 2.34. The van der Waals surface area contributed by atoms with Gasteiger partial charge in [0.05, 0.1) is 19.2 Å². The third-order valence-corrected chi connectivity index (χ3v) is 6.69. The largest absolute Gasteiger partial charge is 0.493 e. The number of likely N-dealkylation sites (tertiary alicyclic amines) is 2. The minimum Gasteiger partial charge on any atom is -0.493 e. The zero-order chi connectivity index (χ0) is 22.5. The molecule has 0 saturated carbocycles. The smallest absolute Gasteiger partial charge is 0.347 e. The Kier molecular flexibility index (Phi) is 7.52. The maximum Gasteiger partial charge on any atom is 0.347 e. The second kappa shape index (κ2) is 10.5. The molecule has 0 atom stereocenters. The molecule has 2 N–H and O–H groups in total. The number of methoxy groups -OCH3 is 1. The average molecular weight is 444 g/mol. The van der Waals surface area contributed by atoms with E-state index >= 15 is 0 Å². The number of ether oxygens (including phenoxy) is 2. The summed E-state index contributed by atoms with van der Waals surface area (Å²) in [6.45, 7) is 10.6. The standard InChI is InChI=1S/C24H37N5O3/c1-17(2)29-12-7-18(8-13-29)25-23-19-15-21(31-3)22(16-20(19)26-24(30)27-23)32-14-6-11-28-9-4-5-10-28/h15-18H,4-14H2,1-3H3,(H2,25,26,27,30). The summed E-state index contributed by atoms with van der Waals surface area (Å²) >= 11 is 0. The molecule has 0 radical (unpaired) electrons. The number of piperidine rings is 1. The lowest BCUT2D eigenvalue weighted by atomic mass is 10.0. The van der Waals surface area contributed by atoms with Gasteiger partial charge in [-0.15, -0.1) is 0 Å². The first kappa shape index (κ1) is 22.9. The lowest BCUT2D eigenvalue weighted by Crippen LogP contribution is -2.42. The summed E-state index contributed by atoms with van der Waals surface area (Å²) in [4.78, 5) is 24.3. The Balaban J connectivity index is 1.46. The monoisotopic (exact) mass is 443 g/mol. The molecule has 1 aromatic heterocycles. The van der Waals surface area contributed by atoms with Gasteiger partial charge in [-0.2, -0.15) is 4.98 Å². The third-order valence-electron chi connectivity index (χ3n) is 6.69. The minimum atomic E-state index is -0.357. The van der Waals surface area contributed by atoms with Crippen LogP contribution >= 0.6 is 0 Å². The maximum absolute atomic E-state index is 12.3. The molecule has 0 spiro atoms. The summed E-state index contributed by atoms with van der Waals surface area (Å²) in [5, 5.41) is 4.36. The average Bonchev–Trinajstić information content (AvgIpc) is 3.30. The second-order valence-corrected chi connectivity index (χ2v) is 9.24. The molecule has 2 fully saturated rings. The molecule has 8 heteroatoms. The first-order valence-electron chi connectivity index (χ1n) is 12.0. The molecular weight excluding hydrogens is 406 g/mol. The fraction of sp³-hybridized carbons (Fsp3) is 0.667. The molecule has 2 aromatic rings. The summed E-state index contributed by atoms with van der Waals surface area (Å²) < 4.78 is 11.6. The zero-order valence-corrected chi connectivity index (χ0v) is 19.7. The van der Waals surface area contributed by atoms with Crippen LogP contribution in [0.25, 0.3) is 10.9 Å². The van der Waals surface area contributed by atoms with Crippen molar-refractivity contribution in [1.82, 2.24) is 19.8 Å². The van der Waals surface area contributed by atoms with Crippen molar-refractivity contribution in [2.45, 2.75) is 58.0 Å². The molecular formula is C24H37N5O3. The van der Waals surface area contributed by atoms with Gasteiger partial charge < -0.3 is 29.6 Å². The lowest BCUT2D eigenvalue weighted by molar-refractivity contribution is 0.177. The Morgan fingerprint density at radius 2 is 1.91 bits per heavy atom. The quantitative estimate of drug-likeness (QED) is 0.576. The van der Waals surface area contributed by atoms with Crippen LogP contribution in [0.3, 0.4) is 0 Å². The van der Waals surface area contributed by atoms with Crippen molar-refractivity contribution < 1.29 is 9.47 Å². The molecule has 0 amide bonds. The van der Waals surface area contributed by atoms with E-state index in [9.17, 15) is 4.79 Å². The fourth-order valence-electron chi connectivity index (χ4n) is 4.78. The number of anilines is 1. The molecule has 0 aliphatic carbocycles. The van der Waals surface area contributed by atoms with E-state index in [0.29, 0.717) is 41.5 Å². The first-order valence-corrected chi connectivity index (χ1v) is 12.0. The van der Waals surface area contributed by atoms with Crippen molar-refractivity contribution in [3.63, 3.8) is 0 Å². The zero-order valence-electron chi connectivity index (χ0n) is 19.7. The highest BCUT2D eigenvalue weighted by atomic mass is 16.5. The van der Waals surface area contributed by atoms with Gasteiger partial charge in [0.1, 0.15) is 5.82 Å². The van der Waals surface area contributed by atoms with E-state index in [1.807, 2.05) is 12.1 Å². The number of hydrogen-bond acceptors (Lipinski definition) is 7. The number of fused-ring (bicyclic) bond motifs is 1. The number of nitrogens with one attached hydrogen (secondary N) is 2. The summed E-state index contributed by atoms with van der Waals surface area (Å²) in [5.41, 5.74) is 0.354. The number of aromatic nitrogens is 2. The highest BCUT2D eigenvalue weighted by molar-refractivity contribution is 5.91. The van der Waals surface area contributed by atoms with Crippen LogP contribution < -0.4 is 20.5 Å². The van der Waals surface area contributed by atoms with Gasteiger partial charge in [0.15, 0.2) is 11.5 Å². The van der Waals surface area contributed by atoms with Gasteiger partial charge in [0, 0.05) is 43.2 Å². The number of rotatable bonds is 9. The van der Waals surface area contributed by atoms with Gasteiger partial charge in [-0.05, 0) is 65.1 Å². The molecule has 4 rings (SSSR count). The van der Waals surface area contributed by atoms with Crippen molar-refractivity contribution in [3.8, 4) is 11.5 Å². The topological polar surface area (TPSA) is 82.7 Å². The Morgan fingerprint density at radius 3 is 2.59 bits per heavy atom. The predicted octanol–water partition coefficient (Wildman–Crippen LogP) is 3.08. The van der Waals surface area contributed by atoms with Gasteiger partial charge in [-0.25, -0.2) is 4.79 Å². The summed E-state index contributed by atoms with van der Waals surface area (Å²) in [7, 11) is 1.64. The predicted molar refractivity (Wildman–Crippen MR) is 128 cm³/mol. The van der Waals surface area contributed by atoms with Gasteiger partial charge in [-0.1, -0.05) is 0 Å². The van der Waals surface area contributed by atoms with E-state index in [1.165, 1.54) is 25.9 Å². The normalized spacial score (nSPS) is 18.5. The van der Waals surface area contributed by atoms with E-state index < -0.39 is 0 Å². The number of aromatic amines is 1. The Bertz CT molecular complexity index is 947. The van der Waals surface area contributed by atoms with Crippen molar-refractivity contribution in [3.05, 3.63) is 22.6 Å². The van der Waals surface area contributed by atoms with Crippen LogP contribution in [0.2, 0.25) is 0 Å². The molecule has 3 heterocycles. The van der Waals surface area contributed by atoms with Gasteiger partial charge in [0.25, 0.3) is 0 Å². The van der Waals surface area contributed by atoms with Crippen molar-refractivity contribution in [2.75, 3.05) is 51.8 Å². The Hall–Kier alpha value is -2.32. The highest BCUT2D eigenvalue weighted by Gasteiger charge is 2.22. The summed E-state index contributed by atoms with van der Waals surface area (Å²) in [6.07, 6.45) is 5.63. The number of nitrogens with zero attached hydrogens (tertiary/aromatic N) is 3. The van der Waals surface area contributed by atoms with Crippen LogP contribution in [0.1, 0.15) is 46.0 Å². The van der Waals surface area contributed by atoms with Crippen LogP contribution in [0.5, 0.6) is 11.5 Å². The van der Waals surface area contributed by atoms with Crippen molar-refractivity contribution >= 4 is 16.7 Å². The SMILES string of the molecule is COc1cc2c(NC3CCN(C(C)C)CC3)nc(=O)[nH]c2cc1OCCCN1CCCC1. The van der Waals surface area contributed by atoms with Crippen LogP contribution in [0, 0.1) is 0 Å². The summed E-state index contributed by atoms with van der Waals surface area (Å²) in [5.74, 6) is 1.93. The van der Waals surface area contributed by atoms with Crippen LogP contribution in [-0.2, 0) is 0 Å². The van der Waals surface area contributed by atoms with Crippen LogP contribution in [0.4, 0.5) is 5.82 Å². The number of benzene rings is 1. The van der Waals surface area contributed by atoms with Gasteiger partial charge in [-0.3, -0.25) is 0 Å². The Labute approximate surface area is 190 Å². The molecule has 2 aliphatic rings. The van der Waals surface area contributed by atoms with E-state index in [4.69, 9.17) is 9.47 Å². The molecule has 0 bridgehead atoms. The molecule has 8 nitrogen and oxygen atoms in total. The van der Waals surface area contributed by atoms with E-state index in [0.717, 1.165) is 44.3 Å². The van der Waals surface area contributed by atoms with Crippen LogP contribution in [-0.4, -0.2) is 78.3 Å². The molecule has 2 saturated heterocycles. The maximum atomic E-state index is 12.3.